The van der Waals surface area contributed by atoms with E-state index in [2.05, 4.69) is 15.1 Å². The lowest BCUT2D eigenvalue weighted by Crippen LogP contribution is -2.46. The van der Waals surface area contributed by atoms with Crippen LogP contribution in [0.15, 0.2) is 0 Å². The molecule has 4 fully saturated rings. The van der Waals surface area contributed by atoms with Crippen LogP contribution in [0.5, 0.6) is 0 Å². The lowest BCUT2D eigenvalue weighted by atomic mass is 9.85. The van der Waals surface area contributed by atoms with Gasteiger partial charge in [-0.3, -0.25) is 4.79 Å². The Morgan fingerprint density at radius 3 is 2.32 bits per heavy atom. The van der Waals surface area contributed by atoms with Crippen LogP contribution in [0, 0.1) is 5.92 Å². The summed E-state index contributed by atoms with van der Waals surface area (Å²) >= 11 is 0. The molecule has 0 bridgehead atoms. The predicted molar refractivity (Wildman–Crippen MR) is 107 cm³/mol. The number of rotatable bonds is 2. The maximum Gasteiger partial charge on any atom is 0.239 e. The second-order valence-corrected chi connectivity index (χ2v) is 8.26. The standard InChI is InChI=1S/C19H33N3O.2ClH/c23-19(18-14-15-6-1-2-8-17(15)20-18)22-12-5-7-16(9-13-22)21-10-3-4-11-21;;/h15-18,20H,1-14H2;2*1H. The highest BCUT2D eigenvalue weighted by Crippen LogP contribution is 2.34. The number of nitrogens with zero attached hydrogens (tertiary/aromatic N) is 2. The average molecular weight is 392 g/mol. The van der Waals surface area contributed by atoms with E-state index >= 15 is 0 Å². The second kappa shape index (κ2) is 9.77. The van der Waals surface area contributed by atoms with Crippen molar-refractivity contribution in [3.8, 4) is 0 Å². The number of fused-ring (bicyclic) bond motifs is 1. The average Bonchev–Trinajstić information content (AvgIpc) is 3.19. The van der Waals surface area contributed by atoms with Gasteiger partial charge in [-0.1, -0.05) is 12.8 Å². The molecule has 1 amide bonds. The summed E-state index contributed by atoms with van der Waals surface area (Å²) in [6.07, 6.45) is 12.8. The van der Waals surface area contributed by atoms with E-state index in [0.29, 0.717) is 11.9 Å². The molecule has 25 heavy (non-hydrogen) atoms. The molecule has 0 aromatic carbocycles. The highest BCUT2D eigenvalue weighted by atomic mass is 35.5. The van der Waals surface area contributed by atoms with E-state index in [1.807, 2.05) is 0 Å². The maximum absolute atomic E-state index is 13.0. The van der Waals surface area contributed by atoms with Crippen molar-refractivity contribution in [3.05, 3.63) is 0 Å². The minimum Gasteiger partial charge on any atom is -0.341 e. The molecule has 146 valence electrons. The molecular formula is C19H35Cl2N3O. The van der Waals surface area contributed by atoms with Gasteiger partial charge in [0.1, 0.15) is 0 Å². The smallest absolute Gasteiger partial charge is 0.239 e. The Morgan fingerprint density at radius 1 is 0.800 bits per heavy atom. The van der Waals surface area contributed by atoms with Gasteiger partial charge in [0, 0.05) is 25.2 Å². The monoisotopic (exact) mass is 391 g/mol. The molecule has 0 aromatic rings. The van der Waals surface area contributed by atoms with E-state index in [1.165, 1.54) is 70.9 Å². The number of likely N-dealkylation sites (tertiary alicyclic amines) is 2. The Hall–Kier alpha value is -0.0300. The van der Waals surface area contributed by atoms with Crippen molar-refractivity contribution in [3.63, 3.8) is 0 Å². The molecule has 6 heteroatoms. The zero-order chi connectivity index (χ0) is 15.6. The van der Waals surface area contributed by atoms with Crippen LogP contribution in [0.2, 0.25) is 0 Å². The number of amides is 1. The van der Waals surface area contributed by atoms with Crippen molar-refractivity contribution >= 4 is 30.7 Å². The summed E-state index contributed by atoms with van der Waals surface area (Å²) in [6, 6.07) is 1.47. The third kappa shape index (κ3) is 4.82. The van der Waals surface area contributed by atoms with Gasteiger partial charge in [0.05, 0.1) is 6.04 Å². The van der Waals surface area contributed by atoms with Crippen molar-refractivity contribution in [2.45, 2.75) is 82.3 Å². The van der Waals surface area contributed by atoms with Crippen LogP contribution in [0.4, 0.5) is 0 Å². The van der Waals surface area contributed by atoms with Crippen LogP contribution >= 0.6 is 24.8 Å². The first-order chi connectivity index (χ1) is 11.3. The minimum atomic E-state index is 0. The van der Waals surface area contributed by atoms with Crippen molar-refractivity contribution in [1.82, 2.24) is 15.1 Å². The largest absolute Gasteiger partial charge is 0.341 e. The van der Waals surface area contributed by atoms with E-state index in [0.717, 1.165) is 31.5 Å². The zero-order valence-electron chi connectivity index (χ0n) is 15.3. The lowest BCUT2D eigenvalue weighted by molar-refractivity contribution is -0.133. The van der Waals surface area contributed by atoms with Crippen molar-refractivity contribution < 1.29 is 4.79 Å². The van der Waals surface area contributed by atoms with Crippen molar-refractivity contribution in [2.24, 2.45) is 5.92 Å². The van der Waals surface area contributed by atoms with Crippen LogP contribution < -0.4 is 5.32 Å². The van der Waals surface area contributed by atoms with Gasteiger partial charge >= 0.3 is 0 Å². The van der Waals surface area contributed by atoms with E-state index in [9.17, 15) is 4.79 Å². The molecule has 4 aliphatic rings. The Balaban J connectivity index is 0.00000113. The second-order valence-electron chi connectivity index (χ2n) is 8.26. The van der Waals surface area contributed by atoms with E-state index in [-0.39, 0.29) is 30.9 Å². The SMILES string of the molecule is Cl.Cl.O=C(C1CC2CCCCC2N1)N1CCCC(N2CCCC2)CC1. The van der Waals surface area contributed by atoms with Crippen LogP contribution in [0.25, 0.3) is 0 Å². The fourth-order valence-electron chi connectivity index (χ4n) is 5.50. The molecule has 1 N–H and O–H groups in total. The van der Waals surface area contributed by atoms with Gasteiger partial charge < -0.3 is 15.1 Å². The molecule has 4 nitrogen and oxygen atoms in total. The molecule has 0 aromatic heterocycles. The molecule has 4 rings (SSSR count). The normalized spacial score (nSPS) is 36.1. The third-order valence-corrected chi connectivity index (χ3v) is 6.83. The number of carbonyl (C=O) groups excluding carboxylic acids is 1. The lowest BCUT2D eigenvalue weighted by Gasteiger charge is -2.27. The summed E-state index contributed by atoms with van der Waals surface area (Å²) in [6.45, 7) is 4.53. The number of hydrogen-bond donors (Lipinski definition) is 1. The fraction of sp³-hybridized carbons (Fsp3) is 0.947. The van der Waals surface area contributed by atoms with Gasteiger partial charge in [-0.15, -0.1) is 24.8 Å². The number of hydrogen-bond acceptors (Lipinski definition) is 3. The van der Waals surface area contributed by atoms with Crippen LogP contribution in [0.1, 0.15) is 64.2 Å². The van der Waals surface area contributed by atoms with Gasteiger partial charge in [-0.2, -0.15) is 0 Å². The van der Waals surface area contributed by atoms with E-state index < -0.39 is 0 Å². The highest BCUT2D eigenvalue weighted by Gasteiger charge is 2.40. The summed E-state index contributed by atoms with van der Waals surface area (Å²) in [5.41, 5.74) is 0. The fourth-order valence-corrected chi connectivity index (χ4v) is 5.50. The third-order valence-electron chi connectivity index (χ3n) is 6.83. The van der Waals surface area contributed by atoms with Gasteiger partial charge in [0.15, 0.2) is 0 Å². The summed E-state index contributed by atoms with van der Waals surface area (Å²) in [5.74, 6) is 1.17. The molecule has 0 radical (unpaired) electrons. The molecule has 1 aliphatic carbocycles. The molecule has 1 saturated carbocycles. The topological polar surface area (TPSA) is 35.6 Å². The first kappa shape index (κ1) is 21.3. The molecule has 4 atom stereocenters. The number of nitrogens with one attached hydrogen (secondary N) is 1. The van der Waals surface area contributed by atoms with Gasteiger partial charge in [0.2, 0.25) is 5.91 Å². The molecule has 3 saturated heterocycles. The molecule has 0 spiro atoms. The Morgan fingerprint density at radius 2 is 1.56 bits per heavy atom. The molecule has 3 aliphatic heterocycles. The van der Waals surface area contributed by atoms with E-state index in [4.69, 9.17) is 0 Å². The highest BCUT2D eigenvalue weighted by molar-refractivity contribution is 5.85. The summed E-state index contributed by atoms with van der Waals surface area (Å²) in [4.78, 5) is 17.8. The van der Waals surface area contributed by atoms with Crippen molar-refractivity contribution in [1.29, 1.82) is 0 Å². The van der Waals surface area contributed by atoms with Crippen LogP contribution in [0.3, 0.4) is 0 Å². The first-order valence-corrected chi connectivity index (χ1v) is 10.1. The zero-order valence-corrected chi connectivity index (χ0v) is 17.0. The Bertz CT molecular complexity index is 417. The number of halogens is 2. The quantitative estimate of drug-likeness (QED) is 0.784. The van der Waals surface area contributed by atoms with Crippen LogP contribution in [-0.4, -0.2) is 60.0 Å². The summed E-state index contributed by atoms with van der Waals surface area (Å²) in [7, 11) is 0. The van der Waals surface area contributed by atoms with Gasteiger partial charge in [0.25, 0.3) is 0 Å². The Labute approximate surface area is 165 Å². The van der Waals surface area contributed by atoms with Gasteiger partial charge in [-0.05, 0) is 70.4 Å². The van der Waals surface area contributed by atoms with E-state index in [1.54, 1.807) is 0 Å². The summed E-state index contributed by atoms with van der Waals surface area (Å²) in [5, 5.41) is 3.68. The molecule has 3 heterocycles. The van der Waals surface area contributed by atoms with Crippen LogP contribution in [-0.2, 0) is 4.79 Å². The minimum absolute atomic E-state index is 0. The maximum atomic E-state index is 13.0. The number of carbonyl (C=O) groups is 1. The van der Waals surface area contributed by atoms with Gasteiger partial charge in [-0.25, -0.2) is 0 Å². The predicted octanol–water partition coefficient (Wildman–Crippen LogP) is 3.23. The molecule has 4 unspecified atom stereocenters. The molecular weight excluding hydrogens is 357 g/mol. The van der Waals surface area contributed by atoms with Crippen molar-refractivity contribution in [2.75, 3.05) is 26.2 Å². The Kier molecular flexibility index (Phi) is 8.32. The summed E-state index contributed by atoms with van der Waals surface area (Å²) < 4.78 is 0. The first-order valence-electron chi connectivity index (χ1n) is 10.1.